The molecule has 0 unspecified atom stereocenters. The first kappa shape index (κ1) is 19.9. The summed E-state index contributed by atoms with van der Waals surface area (Å²) in [5.41, 5.74) is 4.77. The Morgan fingerprint density at radius 1 is 1.03 bits per heavy atom. The summed E-state index contributed by atoms with van der Waals surface area (Å²) in [6.07, 6.45) is 3.53. The zero-order valence-corrected chi connectivity index (χ0v) is 17.0. The molecule has 0 atom stereocenters. The van der Waals surface area contributed by atoms with Gasteiger partial charge >= 0.3 is 11.8 Å². The molecule has 2 N–H and O–H groups in total. The van der Waals surface area contributed by atoms with Crippen LogP contribution in [0.1, 0.15) is 29.5 Å². The van der Waals surface area contributed by atoms with Crippen LogP contribution in [-0.2, 0) is 33.6 Å². The summed E-state index contributed by atoms with van der Waals surface area (Å²) >= 11 is 0. The fourth-order valence-corrected chi connectivity index (χ4v) is 4.11. The SMILES string of the molecule is COc1ccc(CCNC(=O)C(=O)Nc2cc3c4c(c2)CCC(=O)N4CCC3)cc1. The Morgan fingerprint density at radius 2 is 1.77 bits per heavy atom. The molecule has 2 aliphatic heterocycles. The van der Waals surface area contributed by atoms with E-state index in [0.717, 1.165) is 47.5 Å². The summed E-state index contributed by atoms with van der Waals surface area (Å²) < 4.78 is 5.12. The van der Waals surface area contributed by atoms with Crippen molar-refractivity contribution in [1.82, 2.24) is 5.32 Å². The van der Waals surface area contributed by atoms with E-state index in [-0.39, 0.29) is 5.91 Å². The summed E-state index contributed by atoms with van der Waals surface area (Å²) in [6, 6.07) is 11.3. The third-order valence-corrected chi connectivity index (χ3v) is 5.60. The molecule has 0 aromatic heterocycles. The second-order valence-electron chi connectivity index (χ2n) is 7.60. The Hall–Kier alpha value is -3.35. The molecular formula is C23H25N3O4. The first-order valence-electron chi connectivity index (χ1n) is 10.2. The van der Waals surface area contributed by atoms with Crippen molar-refractivity contribution in [2.24, 2.45) is 0 Å². The molecule has 7 nitrogen and oxygen atoms in total. The largest absolute Gasteiger partial charge is 0.497 e. The lowest BCUT2D eigenvalue weighted by atomic mass is 9.91. The molecule has 2 heterocycles. The van der Waals surface area contributed by atoms with Crippen molar-refractivity contribution in [1.29, 1.82) is 0 Å². The van der Waals surface area contributed by atoms with Gasteiger partial charge in [-0.25, -0.2) is 0 Å². The molecule has 30 heavy (non-hydrogen) atoms. The zero-order valence-electron chi connectivity index (χ0n) is 17.0. The summed E-state index contributed by atoms with van der Waals surface area (Å²) in [5, 5.41) is 5.37. The smallest absolute Gasteiger partial charge is 0.313 e. The number of anilines is 2. The van der Waals surface area contributed by atoms with Crippen LogP contribution in [0, 0.1) is 0 Å². The van der Waals surface area contributed by atoms with Gasteiger partial charge in [-0.2, -0.15) is 0 Å². The highest BCUT2D eigenvalue weighted by Crippen LogP contribution is 2.37. The van der Waals surface area contributed by atoms with Crippen LogP contribution < -0.4 is 20.3 Å². The molecule has 0 saturated heterocycles. The Balaban J connectivity index is 1.35. The molecule has 7 heteroatoms. The number of carbonyl (C=O) groups excluding carboxylic acids is 3. The highest BCUT2D eigenvalue weighted by Gasteiger charge is 2.30. The quantitative estimate of drug-likeness (QED) is 0.744. The molecule has 0 spiro atoms. The third kappa shape index (κ3) is 4.15. The van der Waals surface area contributed by atoms with Crippen LogP contribution >= 0.6 is 0 Å². The Labute approximate surface area is 175 Å². The van der Waals surface area contributed by atoms with Gasteiger partial charge < -0.3 is 20.3 Å². The van der Waals surface area contributed by atoms with E-state index >= 15 is 0 Å². The van der Waals surface area contributed by atoms with Gasteiger partial charge in [-0.15, -0.1) is 0 Å². The second kappa shape index (κ2) is 8.57. The Morgan fingerprint density at radius 3 is 2.50 bits per heavy atom. The lowest BCUT2D eigenvalue weighted by molar-refractivity contribution is -0.136. The monoisotopic (exact) mass is 407 g/mol. The second-order valence-corrected chi connectivity index (χ2v) is 7.60. The molecule has 3 amide bonds. The fourth-order valence-electron chi connectivity index (χ4n) is 4.11. The Kier molecular flexibility index (Phi) is 5.70. The molecular weight excluding hydrogens is 382 g/mol. The van der Waals surface area contributed by atoms with Crippen LogP contribution in [0.4, 0.5) is 11.4 Å². The molecule has 2 aromatic carbocycles. The first-order valence-corrected chi connectivity index (χ1v) is 10.2. The van der Waals surface area contributed by atoms with Gasteiger partial charge in [0.1, 0.15) is 5.75 Å². The number of hydrogen-bond donors (Lipinski definition) is 2. The molecule has 0 radical (unpaired) electrons. The molecule has 156 valence electrons. The number of rotatable bonds is 5. The van der Waals surface area contributed by atoms with Gasteiger partial charge in [-0.1, -0.05) is 12.1 Å². The number of methoxy groups -OCH3 is 1. The minimum absolute atomic E-state index is 0.163. The van der Waals surface area contributed by atoms with Crippen molar-refractivity contribution in [2.45, 2.75) is 32.1 Å². The highest BCUT2D eigenvalue weighted by molar-refractivity contribution is 6.39. The van der Waals surface area contributed by atoms with E-state index in [1.807, 2.05) is 41.3 Å². The van der Waals surface area contributed by atoms with E-state index in [0.29, 0.717) is 31.5 Å². The maximum absolute atomic E-state index is 12.3. The van der Waals surface area contributed by atoms with Crippen molar-refractivity contribution in [3.8, 4) is 5.75 Å². The predicted octanol–water partition coefficient (Wildman–Crippen LogP) is 2.22. The molecule has 0 aliphatic carbocycles. The van der Waals surface area contributed by atoms with Crippen LogP contribution in [0.2, 0.25) is 0 Å². The maximum atomic E-state index is 12.3. The maximum Gasteiger partial charge on any atom is 0.313 e. The van der Waals surface area contributed by atoms with Crippen LogP contribution in [0.5, 0.6) is 5.75 Å². The van der Waals surface area contributed by atoms with Gasteiger partial charge in [-0.05, 0) is 66.6 Å². The lowest BCUT2D eigenvalue weighted by Gasteiger charge is -2.35. The summed E-state index contributed by atoms with van der Waals surface area (Å²) in [6.45, 7) is 1.12. The van der Waals surface area contributed by atoms with Crippen molar-refractivity contribution >= 4 is 29.1 Å². The van der Waals surface area contributed by atoms with E-state index in [1.54, 1.807) is 7.11 Å². The molecule has 2 aromatic rings. The number of aryl methyl sites for hydroxylation is 2. The van der Waals surface area contributed by atoms with E-state index in [9.17, 15) is 14.4 Å². The number of nitrogens with zero attached hydrogens (tertiary/aromatic N) is 1. The number of carbonyl (C=O) groups is 3. The summed E-state index contributed by atoms with van der Waals surface area (Å²) in [4.78, 5) is 38.5. The van der Waals surface area contributed by atoms with E-state index in [4.69, 9.17) is 4.74 Å². The van der Waals surface area contributed by atoms with Crippen molar-refractivity contribution in [3.05, 3.63) is 53.1 Å². The molecule has 0 saturated carbocycles. The van der Waals surface area contributed by atoms with E-state index in [1.165, 1.54) is 0 Å². The number of ether oxygens (including phenoxy) is 1. The minimum atomic E-state index is -0.684. The first-order chi connectivity index (χ1) is 14.5. The Bertz CT molecular complexity index is 967. The number of nitrogens with one attached hydrogen (secondary N) is 2. The highest BCUT2D eigenvalue weighted by atomic mass is 16.5. The molecule has 4 rings (SSSR count). The van der Waals surface area contributed by atoms with Crippen LogP contribution in [0.25, 0.3) is 0 Å². The zero-order chi connectivity index (χ0) is 21.1. The van der Waals surface area contributed by atoms with Gasteiger partial charge in [-0.3, -0.25) is 14.4 Å². The standard InChI is InChI=1S/C23H25N3O4/c1-30-19-7-4-15(5-8-19)10-11-24-22(28)23(29)25-18-13-16-3-2-12-26-20(27)9-6-17(14-18)21(16)26/h4-5,7-8,13-14H,2-3,6,9-12H2,1H3,(H,24,28)(H,25,29). The van der Waals surface area contributed by atoms with Gasteiger partial charge in [0.05, 0.1) is 12.8 Å². The van der Waals surface area contributed by atoms with Crippen molar-refractivity contribution in [3.63, 3.8) is 0 Å². The number of amides is 3. The minimum Gasteiger partial charge on any atom is -0.497 e. The van der Waals surface area contributed by atoms with E-state index < -0.39 is 11.8 Å². The molecule has 0 bridgehead atoms. The normalized spacial score (nSPS) is 14.7. The number of hydrogen-bond acceptors (Lipinski definition) is 4. The van der Waals surface area contributed by atoms with Gasteiger partial charge in [0.15, 0.2) is 0 Å². The third-order valence-electron chi connectivity index (χ3n) is 5.60. The van der Waals surface area contributed by atoms with Crippen molar-refractivity contribution < 1.29 is 19.1 Å². The number of benzene rings is 2. The average Bonchev–Trinajstić information content (AvgIpc) is 2.76. The van der Waals surface area contributed by atoms with Crippen molar-refractivity contribution in [2.75, 3.05) is 30.4 Å². The summed E-state index contributed by atoms with van der Waals surface area (Å²) in [5.74, 6) is -0.404. The fraction of sp³-hybridized carbons (Fsp3) is 0.348. The average molecular weight is 407 g/mol. The van der Waals surface area contributed by atoms with Gasteiger partial charge in [0, 0.05) is 25.2 Å². The summed E-state index contributed by atoms with van der Waals surface area (Å²) in [7, 11) is 1.61. The van der Waals surface area contributed by atoms with Gasteiger partial charge in [0.2, 0.25) is 5.91 Å². The van der Waals surface area contributed by atoms with E-state index in [2.05, 4.69) is 10.6 Å². The van der Waals surface area contributed by atoms with Crippen LogP contribution in [0.3, 0.4) is 0 Å². The van der Waals surface area contributed by atoms with Gasteiger partial charge in [0.25, 0.3) is 0 Å². The molecule has 2 aliphatic rings. The van der Waals surface area contributed by atoms with Crippen LogP contribution in [0.15, 0.2) is 36.4 Å². The molecule has 0 fully saturated rings. The van der Waals surface area contributed by atoms with Crippen LogP contribution in [-0.4, -0.2) is 37.9 Å². The topological polar surface area (TPSA) is 87.7 Å². The predicted molar refractivity (Wildman–Crippen MR) is 114 cm³/mol. The lowest BCUT2D eigenvalue weighted by Crippen LogP contribution is -2.39.